The van der Waals surface area contributed by atoms with Gasteiger partial charge in [0.1, 0.15) is 0 Å². The second kappa shape index (κ2) is 3.54. The van der Waals surface area contributed by atoms with Crippen molar-refractivity contribution >= 4 is 34.8 Å². The highest BCUT2D eigenvalue weighted by Crippen LogP contribution is 2.34. The summed E-state index contributed by atoms with van der Waals surface area (Å²) in [6, 6.07) is 8.47. The Morgan fingerprint density at radius 2 is 2.00 bits per heavy atom. The summed E-state index contributed by atoms with van der Waals surface area (Å²) < 4.78 is 0. The Bertz CT molecular complexity index is 455. The topological polar surface area (TPSA) is 12.4 Å². The second-order valence-corrected chi connectivity index (χ2v) is 3.37. The summed E-state index contributed by atoms with van der Waals surface area (Å²) in [6.07, 6.45) is 7.16. The highest BCUT2D eigenvalue weighted by molar-refractivity contribution is 8.93. The molecule has 0 N–H and O–H groups in total. The van der Waals surface area contributed by atoms with Crippen LogP contribution in [0.15, 0.2) is 41.0 Å². The molecule has 1 aliphatic carbocycles. The number of allylic oxidation sites excluding steroid dienone is 2. The van der Waals surface area contributed by atoms with Crippen molar-refractivity contribution in [2.45, 2.75) is 6.42 Å². The van der Waals surface area contributed by atoms with E-state index in [1.54, 1.807) is 0 Å². The average molecular weight is 248 g/mol. The van der Waals surface area contributed by atoms with E-state index < -0.39 is 0 Å². The fourth-order valence-corrected chi connectivity index (χ4v) is 1.89. The summed E-state index contributed by atoms with van der Waals surface area (Å²) in [5, 5.41) is 0. The Hall–Kier alpha value is -1.15. The van der Waals surface area contributed by atoms with Crippen LogP contribution in [0.3, 0.4) is 0 Å². The van der Waals surface area contributed by atoms with Gasteiger partial charge < -0.3 is 0 Å². The quantitative estimate of drug-likeness (QED) is 0.666. The van der Waals surface area contributed by atoms with Crippen molar-refractivity contribution in [2.24, 2.45) is 4.99 Å². The number of dihydropyridines is 1. The van der Waals surface area contributed by atoms with Gasteiger partial charge >= 0.3 is 0 Å². The third-order valence-corrected chi connectivity index (χ3v) is 2.52. The maximum atomic E-state index is 4.31. The van der Waals surface area contributed by atoms with Gasteiger partial charge in [0.25, 0.3) is 0 Å². The van der Waals surface area contributed by atoms with E-state index in [-0.39, 0.29) is 17.0 Å². The van der Waals surface area contributed by atoms with Crippen LogP contribution in [0.1, 0.15) is 17.5 Å². The van der Waals surface area contributed by atoms with Gasteiger partial charge in [-0.3, -0.25) is 4.99 Å². The van der Waals surface area contributed by atoms with Gasteiger partial charge in [-0.2, -0.15) is 0 Å². The van der Waals surface area contributed by atoms with Crippen molar-refractivity contribution in [3.05, 3.63) is 47.2 Å². The summed E-state index contributed by atoms with van der Waals surface area (Å²) in [4.78, 5) is 4.31. The van der Waals surface area contributed by atoms with Crippen LogP contribution in [-0.2, 0) is 0 Å². The standard InChI is InChI=1S/C12H9N.BrH/c1-2-4-12-9(3-1)7-11-8-10(12)5-6-13-11;/h1-7H,8H2;1H. The molecule has 2 heteroatoms. The number of hydrogen-bond acceptors (Lipinski definition) is 1. The largest absolute Gasteiger partial charge is 0.261 e. The minimum Gasteiger partial charge on any atom is -0.261 e. The van der Waals surface area contributed by atoms with Crippen molar-refractivity contribution in [3.63, 3.8) is 0 Å². The molecular weight excluding hydrogens is 238 g/mol. The lowest BCUT2D eigenvalue weighted by molar-refractivity contribution is 1.17. The molecule has 70 valence electrons. The van der Waals surface area contributed by atoms with Gasteiger partial charge in [-0.25, -0.2) is 0 Å². The van der Waals surface area contributed by atoms with E-state index in [2.05, 4.69) is 41.4 Å². The van der Waals surface area contributed by atoms with Crippen LogP contribution in [-0.4, -0.2) is 6.21 Å². The molecule has 14 heavy (non-hydrogen) atoms. The molecule has 0 spiro atoms. The molecule has 1 aliphatic heterocycles. The Balaban J connectivity index is 0.000000750. The van der Waals surface area contributed by atoms with Crippen LogP contribution in [0.4, 0.5) is 0 Å². The zero-order chi connectivity index (χ0) is 8.67. The molecule has 1 nitrogen and oxygen atoms in total. The van der Waals surface area contributed by atoms with E-state index in [0.717, 1.165) is 6.42 Å². The molecule has 0 unspecified atom stereocenters. The molecule has 0 radical (unpaired) electrons. The van der Waals surface area contributed by atoms with Crippen molar-refractivity contribution in [1.29, 1.82) is 0 Å². The van der Waals surface area contributed by atoms with Crippen LogP contribution in [0.25, 0.3) is 11.6 Å². The molecule has 1 heterocycles. The first kappa shape index (κ1) is 9.41. The first-order valence-corrected chi connectivity index (χ1v) is 4.47. The van der Waals surface area contributed by atoms with Crippen molar-refractivity contribution in [1.82, 2.24) is 0 Å². The Labute approximate surface area is 93.6 Å². The Morgan fingerprint density at radius 1 is 1.14 bits per heavy atom. The fraction of sp³-hybridized carbons (Fsp3) is 0.0833. The van der Waals surface area contributed by atoms with E-state index >= 15 is 0 Å². The first-order chi connectivity index (χ1) is 6.43. The number of fused-ring (bicyclic) bond motifs is 4. The molecule has 1 aromatic rings. The molecule has 0 amide bonds. The van der Waals surface area contributed by atoms with Crippen LogP contribution >= 0.6 is 17.0 Å². The monoisotopic (exact) mass is 247 g/mol. The molecule has 2 aliphatic rings. The lowest BCUT2D eigenvalue weighted by atomic mass is 9.89. The smallest absolute Gasteiger partial charge is 0.0453 e. The molecule has 0 fully saturated rings. The van der Waals surface area contributed by atoms with E-state index in [9.17, 15) is 0 Å². The zero-order valence-corrected chi connectivity index (χ0v) is 9.32. The second-order valence-electron chi connectivity index (χ2n) is 3.37. The summed E-state index contributed by atoms with van der Waals surface area (Å²) in [7, 11) is 0. The maximum absolute atomic E-state index is 4.31. The van der Waals surface area contributed by atoms with Crippen LogP contribution in [0.2, 0.25) is 0 Å². The summed E-state index contributed by atoms with van der Waals surface area (Å²) in [6.45, 7) is 0. The van der Waals surface area contributed by atoms with Crippen molar-refractivity contribution in [2.75, 3.05) is 0 Å². The third kappa shape index (κ3) is 1.36. The van der Waals surface area contributed by atoms with Gasteiger partial charge in [0, 0.05) is 18.3 Å². The summed E-state index contributed by atoms with van der Waals surface area (Å²) >= 11 is 0. The highest BCUT2D eigenvalue weighted by atomic mass is 79.9. The number of halogens is 1. The predicted molar refractivity (Wildman–Crippen MR) is 65.8 cm³/mol. The number of hydrogen-bond donors (Lipinski definition) is 0. The average Bonchev–Trinajstić information content (AvgIpc) is 2.18. The summed E-state index contributed by atoms with van der Waals surface area (Å²) in [5.41, 5.74) is 5.23. The predicted octanol–water partition coefficient (Wildman–Crippen LogP) is 3.48. The van der Waals surface area contributed by atoms with E-state index in [1.165, 1.54) is 22.4 Å². The fourth-order valence-electron chi connectivity index (χ4n) is 1.89. The number of nitrogens with zero attached hydrogens (tertiary/aromatic N) is 1. The molecule has 2 bridgehead atoms. The molecule has 0 saturated carbocycles. The maximum Gasteiger partial charge on any atom is 0.0453 e. The van der Waals surface area contributed by atoms with Gasteiger partial charge in [0.2, 0.25) is 0 Å². The van der Waals surface area contributed by atoms with Crippen molar-refractivity contribution in [3.8, 4) is 0 Å². The van der Waals surface area contributed by atoms with Crippen LogP contribution in [0, 0.1) is 0 Å². The van der Waals surface area contributed by atoms with E-state index in [1.807, 2.05) is 6.21 Å². The number of benzene rings is 1. The van der Waals surface area contributed by atoms with Crippen LogP contribution in [0.5, 0.6) is 0 Å². The highest BCUT2D eigenvalue weighted by Gasteiger charge is 2.15. The minimum atomic E-state index is 0. The minimum absolute atomic E-state index is 0. The zero-order valence-electron chi connectivity index (χ0n) is 7.60. The molecule has 0 atom stereocenters. The van der Waals surface area contributed by atoms with Crippen LogP contribution < -0.4 is 0 Å². The lowest BCUT2D eigenvalue weighted by Gasteiger charge is -2.19. The summed E-state index contributed by atoms with van der Waals surface area (Å²) in [5.74, 6) is 0. The third-order valence-electron chi connectivity index (χ3n) is 2.52. The Morgan fingerprint density at radius 3 is 2.93 bits per heavy atom. The van der Waals surface area contributed by atoms with Gasteiger partial charge in [-0.1, -0.05) is 24.3 Å². The van der Waals surface area contributed by atoms with E-state index in [0.29, 0.717) is 0 Å². The molecule has 3 rings (SSSR count). The number of rotatable bonds is 0. The Kier molecular flexibility index (Phi) is 2.38. The number of aliphatic imine (C=N–C) groups is 1. The lowest BCUT2D eigenvalue weighted by Crippen LogP contribution is -2.00. The van der Waals surface area contributed by atoms with Gasteiger partial charge in [-0.15, -0.1) is 17.0 Å². The SMILES string of the molecule is Br.C1=NC2=Cc3ccccc3C(=C1)C2. The molecular formula is C12H10BrN. The van der Waals surface area contributed by atoms with Gasteiger partial charge in [0.15, 0.2) is 0 Å². The molecule has 1 aromatic carbocycles. The first-order valence-electron chi connectivity index (χ1n) is 4.47. The normalized spacial score (nSPS) is 16.3. The molecule has 0 saturated heterocycles. The van der Waals surface area contributed by atoms with E-state index in [4.69, 9.17) is 0 Å². The van der Waals surface area contributed by atoms with Gasteiger partial charge in [0.05, 0.1) is 0 Å². The van der Waals surface area contributed by atoms with Gasteiger partial charge in [-0.05, 0) is 28.9 Å². The molecule has 0 aromatic heterocycles. The van der Waals surface area contributed by atoms with Crippen molar-refractivity contribution < 1.29 is 0 Å².